The molecule has 24 rings (SSSR count). The van der Waals surface area contributed by atoms with Crippen LogP contribution in [0.25, 0.3) is 221 Å². The first-order valence-electron chi connectivity index (χ1n) is 39.5. The van der Waals surface area contributed by atoms with Gasteiger partial charge in [-0.05, 0) is 175 Å². The highest BCUT2D eigenvalue weighted by Gasteiger charge is 2.23. The molecule has 0 unspecified atom stereocenters. The van der Waals surface area contributed by atoms with Gasteiger partial charge in [-0.15, -0.1) is 0 Å². The number of nitrogens with zero attached hydrogens (tertiary/aromatic N) is 8. The fourth-order valence-electron chi connectivity index (χ4n) is 18.0. The van der Waals surface area contributed by atoms with E-state index in [1.807, 2.05) is 24.3 Å². The van der Waals surface area contributed by atoms with Crippen molar-refractivity contribution in [3.8, 4) is 90.6 Å². The minimum absolute atomic E-state index is 0.648. The Morgan fingerprint density at radius 1 is 0.138 bits per heavy atom. The first kappa shape index (κ1) is 66.2. The van der Waals surface area contributed by atoms with Gasteiger partial charge < -0.3 is 9.13 Å². The van der Waals surface area contributed by atoms with E-state index in [0.29, 0.717) is 11.9 Å². The van der Waals surface area contributed by atoms with Crippen molar-refractivity contribution in [2.45, 2.75) is 0 Å². The minimum atomic E-state index is 0.648. The third-order valence-corrected chi connectivity index (χ3v) is 23.4. The van der Waals surface area contributed by atoms with Crippen LogP contribution in [-0.2, 0) is 0 Å². The van der Waals surface area contributed by atoms with Gasteiger partial charge in [0.15, 0.2) is 0 Å². The largest absolute Gasteiger partial charge is 0.309 e. The maximum Gasteiger partial charge on any atom is 0.235 e. The van der Waals surface area contributed by atoms with Crippen molar-refractivity contribution in [2.75, 3.05) is 0 Å². The van der Waals surface area contributed by atoms with E-state index in [1.165, 1.54) is 97.8 Å². The molecule has 0 bridgehead atoms. The predicted octanol–water partition coefficient (Wildman–Crippen LogP) is 28.0. The van der Waals surface area contributed by atoms with Gasteiger partial charge in [0.05, 0.1) is 66.9 Å². The molecule has 0 saturated carbocycles. The normalized spacial score (nSPS) is 11.8. The number of hydrogen-bond acceptors (Lipinski definition) is 4. The molecule has 24 aromatic rings. The Bertz CT molecular complexity index is 7960. The topological polar surface area (TPSA) is 71.3 Å². The van der Waals surface area contributed by atoms with Crippen molar-refractivity contribution in [1.82, 2.24) is 38.2 Å². The maximum atomic E-state index is 5.22. The average Bonchev–Trinajstić information content (AvgIpc) is 1.61. The fraction of sp³-hybridized carbons (Fsp3) is 0. The molecule has 0 saturated heterocycles. The first-order valence-corrected chi connectivity index (χ1v) is 39.5. The van der Waals surface area contributed by atoms with Crippen molar-refractivity contribution < 1.29 is 0 Å². The van der Waals surface area contributed by atoms with E-state index in [1.54, 1.807) is 0 Å². The van der Waals surface area contributed by atoms with Crippen LogP contribution in [0.15, 0.2) is 413 Å². The van der Waals surface area contributed by atoms with Crippen LogP contribution in [0, 0.1) is 0 Å². The second-order valence-electron chi connectivity index (χ2n) is 30.1. The Morgan fingerprint density at radius 2 is 0.397 bits per heavy atom. The summed E-state index contributed by atoms with van der Waals surface area (Å²) in [6.45, 7) is 0. The molecule has 18 aromatic carbocycles. The van der Waals surface area contributed by atoms with Crippen LogP contribution in [0.5, 0.6) is 0 Å². The summed E-state index contributed by atoms with van der Waals surface area (Å²) in [5.74, 6) is 1.30. The molecular formula is C108H68N8. The summed E-state index contributed by atoms with van der Waals surface area (Å²) in [5.41, 5.74) is 23.8. The number of aromatic nitrogens is 8. The Balaban J connectivity index is 0.000000137. The fourth-order valence-corrected chi connectivity index (χ4v) is 18.0. The summed E-state index contributed by atoms with van der Waals surface area (Å²) < 4.78 is 9.26. The highest BCUT2D eigenvalue weighted by atomic mass is 15.2. The van der Waals surface area contributed by atoms with Gasteiger partial charge in [-0.25, -0.2) is 19.9 Å². The lowest BCUT2D eigenvalue weighted by atomic mass is 10.0. The third-order valence-electron chi connectivity index (χ3n) is 23.4. The Hall–Kier alpha value is -15.6. The van der Waals surface area contributed by atoms with Crippen molar-refractivity contribution in [3.05, 3.63) is 413 Å². The number of rotatable bonds is 10. The molecule has 0 aliphatic rings. The smallest absolute Gasteiger partial charge is 0.235 e. The minimum Gasteiger partial charge on any atom is -0.309 e. The Labute approximate surface area is 667 Å². The van der Waals surface area contributed by atoms with Gasteiger partial charge in [0, 0.05) is 76.7 Å². The zero-order chi connectivity index (χ0) is 76.3. The van der Waals surface area contributed by atoms with E-state index in [0.717, 1.165) is 111 Å². The molecule has 0 amide bonds. The van der Waals surface area contributed by atoms with E-state index in [9.17, 15) is 0 Å². The van der Waals surface area contributed by atoms with E-state index in [2.05, 4.69) is 407 Å². The van der Waals surface area contributed by atoms with Crippen LogP contribution >= 0.6 is 0 Å². The van der Waals surface area contributed by atoms with Gasteiger partial charge >= 0.3 is 0 Å². The maximum absolute atomic E-state index is 5.22. The summed E-state index contributed by atoms with van der Waals surface area (Å²) in [5, 5.41) is 19.7. The molecule has 0 radical (unpaired) electrons. The molecule has 0 aliphatic heterocycles. The van der Waals surface area contributed by atoms with E-state index in [4.69, 9.17) is 19.9 Å². The average molecular weight is 1480 g/mol. The molecule has 6 aromatic heterocycles. The highest BCUT2D eigenvalue weighted by molar-refractivity contribution is 6.17. The highest BCUT2D eigenvalue weighted by Crippen LogP contribution is 2.44. The molecule has 6 heterocycles. The molecule has 8 nitrogen and oxygen atoms in total. The zero-order valence-electron chi connectivity index (χ0n) is 62.8. The predicted molar refractivity (Wildman–Crippen MR) is 484 cm³/mol. The number of benzene rings is 18. The van der Waals surface area contributed by atoms with Gasteiger partial charge in [-0.3, -0.25) is 9.13 Å². The molecule has 0 fully saturated rings. The summed E-state index contributed by atoms with van der Waals surface area (Å²) in [7, 11) is 0. The lowest BCUT2D eigenvalue weighted by Gasteiger charge is -2.12. The van der Waals surface area contributed by atoms with Gasteiger partial charge in [-0.2, -0.15) is 0 Å². The van der Waals surface area contributed by atoms with Gasteiger partial charge in [-0.1, -0.05) is 303 Å². The molecule has 0 spiro atoms. The first-order chi connectivity index (χ1) is 57.5. The SMILES string of the molecule is c1ccc(-c2cc(-c3ccccc3)nc(-n3c4ccccc4c4cc(-c5ccc6c(c5)c5ccccc5n6-c5ccc6c(ccc7ccccc76)c5)ccc43)n2)cc1.c1ccc(-c2cc(-c3ccccc3)nc(-n3c4ccccc4c4cc(-c5ccc6c(c5)c5ccccc5n6-c5ccc6ccc7ccccc7c6c5)ccc43)n2)cc1. The number of para-hydroxylation sites is 4. The molecule has 8 heteroatoms. The number of fused-ring (bicyclic) bond motifs is 18. The van der Waals surface area contributed by atoms with Gasteiger partial charge in [0.25, 0.3) is 0 Å². The lowest BCUT2D eigenvalue weighted by Crippen LogP contribution is -2.03. The van der Waals surface area contributed by atoms with Crippen molar-refractivity contribution in [3.63, 3.8) is 0 Å². The summed E-state index contributed by atoms with van der Waals surface area (Å²) >= 11 is 0. The molecule has 0 atom stereocenters. The summed E-state index contributed by atoms with van der Waals surface area (Å²) in [6, 6.07) is 148. The van der Waals surface area contributed by atoms with Crippen molar-refractivity contribution in [1.29, 1.82) is 0 Å². The van der Waals surface area contributed by atoms with Gasteiger partial charge in [0.1, 0.15) is 0 Å². The van der Waals surface area contributed by atoms with E-state index in [-0.39, 0.29) is 0 Å². The van der Waals surface area contributed by atoms with Crippen LogP contribution in [-0.4, -0.2) is 38.2 Å². The molecule has 116 heavy (non-hydrogen) atoms. The molecular weight excluding hydrogens is 1410 g/mol. The van der Waals surface area contributed by atoms with Crippen LogP contribution in [0.1, 0.15) is 0 Å². The van der Waals surface area contributed by atoms with Crippen molar-refractivity contribution in [2.24, 2.45) is 0 Å². The summed E-state index contributed by atoms with van der Waals surface area (Å²) in [6.07, 6.45) is 0. The second-order valence-corrected chi connectivity index (χ2v) is 30.1. The Kier molecular flexibility index (Phi) is 15.5. The van der Waals surface area contributed by atoms with E-state index < -0.39 is 0 Å². The standard InChI is InChI=1S/2C54H34N4/c1-3-14-36(15-4-1)48-34-49(37-16-5-2-6-17-37)56-54(55-48)58-51-22-12-10-20-45(51)47-33-39(26-30-53(47)58)38-25-29-52-46(32-38)44-19-9-11-21-50(44)57(52)41-27-28-43-40(31-41)24-23-35-13-7-8-18-42(35)43;1-3-14-37(15-4-1)48-34-49(38-16-5-2-6-17-38)56-54(55-48)58-51-22-12-10-20-44(51)47-32-40(27-30-53(47)58)39-26-29-52-46(31-39)43-19-9-11-21-50(43)57(52)41-28-25-36-24-23-35-13-7-8-18-42(35)45(36)33-41/h2*1-34H. The van der Waals surface area contributed by atoms with Crippen LogP contribution in [0.3, 0.4) is 0 Å². The monoisotopic (exact) mass is 1480 g/mol. The quantitative estimate of drug-likeness (QED) is 0.128. The Morgan fingerprint density at radius 3 is 0.776 bits per heavy atom. The van der Waals surface area contributed by atoms with Crippen LogP contribution < -0.4 is 0 Å². The van der Waals surface area contributed by atoms with Crippen LogP contribution in [0.2, 0.25) is 0 Å². The molecule has 0 N–H and O–H groups in total. The van der Waals surface area contributed by atoms with Crippen molar-refractivity contribution >= 4 is 130 Å². The molecule has 0 aliphatic carbocycles. The zero-order valence-corrected chi connectivity index (χ0v) is 62.8. The number of hydrogen-bond donors (Lipinski definition) is 0. The van der Waals surface area contributed by atoms with Crippen LogP contribution in [0.4, 0.5) is 0 Å². The van der Waals surface area contributed by atoms with Gasteiger partial charge in [0.2, 0.25) is 11.9 Å². The second kappa shape index (κ2) is 27.1. The summed E-state index contributed by atoms with van der Waals surface area (Å²) in [4.78, 5) is 20.9. The lowest BCUT2D eigenvalue weighted by molar-refractivity contribution is 0.995. The molecule has 540 valence electrons. The van der Waals surface area contributed by atoms with E-state index >= 15 is 0 Å². The third kappa shape index (κ3) is 11.1.